The molecule has 2 aliphatic heterocycles. The first-order valence-corrected chi connectivity index (χ1v) is 16.8. The lowest BCUT2D eigenvalue weighted by Crippen LogP contribution is -2.24. The summed E-state index contributed by atoms with van der Waals surface area (Å²) in [4.78, 5) is 8.79. The molecule has 0 amide bonds. The minimum Gasteiger partial charge on any atom is -0.340 e. The third-order valence-corrected chi connectivity index (χ3v) is 10.3. The van der Waals surface area contributed by atoms with Crippen molar-refractivity contribution in [3.8, 4) is 0 Å². The highest BCUT2D eigenvalue weighted by Gasteiger charge is 2.25. The Morgan fingerprint density at radius 3 is 1.46 bits per heavy atom. The van der Waals surface area contributed by atoms with Crippen molar-refractivity contribution >= 4 is 79.9 Å². The lowest BCUT2D eigenvalue weighted by atomic mass is 10.2. The quantitative estimate of drug-likeness (QED) is 0.159. The van der Waals surface area contributed by atoms with E-state index in [4.69, 9.17) is 31.6 Å². The van der Waals surface area contributed by atoms with Gasteiger partial charge in [-0.05, 0) is 73.5 Å². The summed E-state index contributed by atoms with van der Waals surface area (Å²) in [7, 11) is -4.13. The molecule has 4 aromatic carbocycles. The molecule has 4 aromatic rings. The Kier molecular flexibility index (Phi) is 8.74. The van der Waals surface area contributed by atoms with Gasteiger partial charge in [0.2, 0.25) is 0 Å². The van der Waals surface area contributed by atoms with Crippen LogP contribution in [0.2, 0.25) is 10.0 Å². The first-order valence-electron chi connectivity index (χ1n) is 13.1. The van der Waals surface area contributed by atoms with Gasteiger partial charge in [-0.3, -0.25) is 0 Å². The van der Waals surface area contributed by atoms with Gasteiger partial charge in [-0.15, -0.1) is 0 Å². The van der Waals surface area contributed by atoms with Gasteiger partial charge in [-0.1, -0.05) is 71.0 Å². The zero-order valence-electron chi connectivity index (χ0n) is 21.8. The first kappa shape index (κ1) is 28.7. The Morgan fingerprint density at radius 1 is 0.585 bits per heavy atom. The Hall–Kier alpha value is -2.37. The molecule has 6 rings (SSSR count). The van der Waals surface area contributed by atoms with Crippen molar-refractivity contribution in [1.82, 2.24) is 0 Å². The molecule has 0 bridgehead atoms. The van der Waals surface area contributed by atoms with Crippen molar-refractivity contribution in [3.63, 3.8) is 0 Å². The monoisotopic (exact) mass is 644 g/mol. The van der Waals surface area contributed by atoms with Crippen LogP contribution >= 0.6 is 46.7 Å². The predicted octanol–water partition coefficient (Wildman–Crippen LogP) is 8.96. The summed E-state index contributed by atoms with van der Waals surface area (Å²) < 4.78 is 35.4. The van der Waals surface area contributed by atoms with E-state index in [1.165, 1.54) is 0 Å². The van der Waals surface area contributed by atoms with Gasteiger partial charge in [0.1, 0.15) is 0 Å². The maximum atomic E-state index is 12.5. The molecular weight excluding hydrogens is 619 g/mol. The summed E-state index contributed by atoms with van der Waals surface area (Å²) in [5, 5.41) is 1.30. The molecule has 212 valence electrons. The molecule has 2 heterocycles. The van der Waals surface area contributed by atoms with E-state index in [-0.39, 0.29) is 13.2 Å². The Balaban J connectivity index is 1.03. The first-order chi connectivity index (χ1) is 19.9. The van der Waals surface area contributed by atoms with E-state index < -0.39 is 10.4 Å². The lowest BCUT2D eigenvalue weighted by Gasteiger charge is -2.33. The number of fused-ring (bicyclic) bond motifs is 4. The van der Waals surface area contributed by atoms with Gasteiger partial charge in [0, 0.05) is 42.7 Å². The average molecular weight is 646 g/mol. The van der Waals surface area contributed by atoms with Gasteiger partial charge >= 0.3 is 10.4 Å². The second kappa shape index (κ2) is 12.5. The summed E-state index contributed by atoms with van der Waals surface area (Å²) in [6, 6.07) is 27.9. The largest absolute Gasteiger partial charge is 0.399 e. The maximum absolute atomic E-state index is 12.5. The smallest absolute Gasteiger partial charge is 0.340 e. The van der Waals surface area contributed by atoms with Crippen LogP contribution in [0.15, 0.2) is 105 Å². The SMILES string of the molecule is O=S(=O)(OCCCN1c2ccccc2Sc2ccc(Cl)cc21)OCCCN1c2ccccc2Sc2ccc(Cl)cc21. The van der Waals surface area contributed by atoms with Crippen molar-refractivity contribution in [2.75, 3.05) is 36.1 Å². The van der Waals surface area contributed by atoms with E-state index >= 15 is 0 Å². The van der Waals surface area contributed by atoms with E-state index in [0.29, 0.717) is 36.0 Å². The number of rotatable bonds is 10. The number of anilines is 4. The van der Waals surface area contributed by atoms with Gasteiger partial charge in [0.25, 0.3) is 0 Å². The number of nitrogens with zero attached hydrogens (tertiary/aromatic N) is 2. The van der Waals surface area contributed by atoms with E-state index in [1.807, 2.05) is 60.7 Å². The second-order valence-electron chi connectivity index (χ2n) is 9.43. The van der Waals surface area contributed by atoms with Crippen LogP contribution in [0.1, 0.15) is 12.8 Å². The normalized spacial score (nSPS) is 13.8. The second-order valence-corrected chi connectivity index (χ2v) is 13.8. The molecule has 0 fully saturated rings. The van der Waals surface area contributed by atoms with E-state index in [9.17, 15) is 8.42 Å². The standard InChI is InChI=1S/C30H26Cl2N2O4S3/c31-21-11-13-29-25(19-21)33(23-7-1-3-9-27(23)39-29)15-5-17-37-41(35,36)38-18-6-16-34-24-8-2-4-10-28(24)40-30-14-12-22(32)20-26(30)34/h1-4,7-14,19-20H,5-6,15-18H2. The van der Waals surface area contributed by atoms with Crippen LogP contribution in [-0.4, -0.2) is 34.7 Å². The average Bonchev–Trinajstić information content (AvgIpc) is 2.97. The molecule has 0 aliphatic carbocycles. The zero-order valence-corrected chi connectivity index (χ0v) is 25.8. The molecule has 0 saturated carbocycles. The van der Waals surface area contributed by atoms with Crippen LogP contribution in [0.4, 0.5) is 22.7 Å². The molecule has 2 aliphatic rings. The molecule has 0 spiro atoms. The molecule has 6 nitrogen and oxygen atoms in total. The van der Waals surface area contributed by atoms with Crippen molar-refractivity contribution in [2.45, 2.75) is 32.4 Å². The summed E-state index contributed by atoms with van der Waals surface area (Å²) in [5.74, 6) is 0. The molecule has 0 atom stereocenters. The Morgan fingerprint density at radius 2 is 1.00 bits per heavy atom. The molecule has 0 unspecified atom stereocenters. The van der Waals surface area contributed by atoms with Gasteiger partial charge in [0.05, 0.1) is 36.0 Å². The number of para-hydroxylation sites is 2. The molecule has 41 heavy (non-hydrogen) atoms. The molecule has 11 heteroatoms. The fraction of sp³-hybridized carbons (Fsp3) is 0.200. The van der Waals surface area contributed by atoms with Gasteiger partial charge < -0.3 is 9.80 Å². The molecule has 0 radical (unpaired) electrons. The Bertz CT molecular complexity index is 1570. The van der Waals surface area contributed by atoms with Crippen LogP contribution in [0, 0.1) is 0 Å². The lowest BCUT2D eigenvalue weighted by molar-refractivity contribution is 0.212. The van der Waals surface area contributed by atoms with Crippen LogP contribution in [0.25, 0.3) is 0 Å². The van der Waals surface area contributed by atoms with E-state index in [2.05, 4.69) is 34.1 Å². The highest BCUT2D eigenvalue weighted by Crippen LogP contribution is 2.50. The highest BCUT2D eigenvalue weighted by molar-refractivity contribution is 8.00. The van der Waals surface area contributed by atoms with Gasteiger partial charge in [-0.2, -0.15) is 8.42 Å². The number of benzene rings is 4. The molecule has 0 N–H and O–H groups in total. The molecule has 0 aromatic heterocycles. The minimum absolute atomic E-state index is 0.00659. The van der Waals surface area contributed by atoms with E-state index in [1.54, 1.807) is 23.5 Å². The summed E-state index contributed by atoms with van der Waals surface area (Å²) in [5.41, 5.74) is 4.13. The summed E-state index contributed by atoms with van der Waals surface area (Å²) in [6.45, 7) is 1.14. The van der Waals surface area contributed by atoms with Gasteiger partial charge in [0.15, 0.2) is 0 Å². The predicted molar refractivity (Wildman–Crippen MR) is 168 cm³/mol. The summed E-state index contributed by atoms with van der Waals surface area (Å²) in [6.07, 6.45) is 0.959. The van der Waals surface area contributed by atoms with E-state index in [0.717, 1.165) is 42.3 Å². The van der Waals surface area contributed by atoms with Crippen molar-refractivity contribution in [2.24, 2.45) is 0 Å². The topological polar surface area (TPSA) is 59.1 Å². The number of halogens is 2. The van der Waals surface area contributed by atoms with Crippen LogP contribution < -0.4 is 9.80 Å². The van der Waals surface area contributed by atoms with Crippen molar-refractivity contribution in [1.29, 1.82) is 0 Å². The fourth-order valence-electron chi connectivity index (χ4n) is 4.89. The highest BCUT2D eigenvalue weighted by atomic mass is 35.5. The van der Waals surface area contributed by atoms with Crippen LogP contribution in [0.3, 0.4) is 0 Å². The van der Waals surface area contributed by atoms with Crippen LogP contribution in [-0.2, 0) is 18.8 Å². The summed E-state index contributed by atoms with van der Waals surface area (Å²) >= 11 is 16.0. The molecule has 0 saturated heterocycles. The number of hydrogen-bond donors (Lipinski definition) is 0. The van der Waals surface area contributed by atoms with Crippen molar-refractivity contribution in [3.05, 3.63) is 95.0 Å². The molecular formula is C30H26Cl2N2O4S3. The van der Waals surface area contributed by atoms with Gasteiger partial charge in [-0.25, -0.2) is 8.37 Å². The van der Waals surface area contributed by atoms with Crippen molar-refractivity contribution < 1.29 is 16.8 Å². The van der Waals surface area contributed by atoms with Crippen LogP contribution in [0.5, 0.6) is 0 Å². The fourth-order valence-corrected chi connectivity index (χ4v) is 8.08. The third-order valence-electron chi connectivity index (χ3n) is 6.68. The third kappa shape index (κ3) is 6.51. The minimum atomic E-state index is -4.13. The Labute approximate surface area is 258 Å². The number of hydrogen-bond acceptors (Lipinski definition) is 8. The maximum Gasteiger partial charge on any atom is 0.399 e. The zero-order chi connectivity index (χ0) is 28.4.